The van der Waals surface area contributed by atoms with E-state index in [4.69, 9.17) is 28.4 Å². The Balaban J connectivity index is 1.55. The van der Waals surface area contributed by atoms with Crippen LogP contribution in [-0.4, -0.2) is 81.8 Å². The van der Waals surface area contributed by atoms with Crippen LogP contribution >= 0.6 is 0 Å². The van der Waals surface area contributed by atoms with E-state index in [2.05, 4.69) is 0 Å². The molecular weight excluding hydrogens is 584 g/mol. The molecule has 2 atom stereocenters. The Morgan fingerprint density at radius 2 is 1.18 bits per heavy atom. The normalized spacial score (nSPS) is 23.5. The number of carbonyl (C=O) groups excluding carboxylic acids is 4. The van der Waals surface area contributed by atoms with E-state index >= 15 is 0 Å². The van der Waals surface area contributed by atoms with Gasteiger partial charge in [-0.3, -0.25) is 29.0 Å². The molecule has 0 N–H and O–H groups in total. The minimum atomic E-state index is -0.891. The molecule has 4 aliphatic rings. The Morgan fingerprint density at radius 3 is 1.64 bits per heavy atom. The number of imide groups is 2. The summed E-state index contributed by atoms with van der Waals surface area (Å²) >= 11 is 0. The fourth-order valence-corrected chi connectivity index (χ4v) is 6.80. The highest BCUT2D eigenvalue weighted by Gasteiger charge is 2.61. The molecule has 0 aromatic heterocycles. The SMILES string of the molecule is COc1cc(C2C(C(=O)N3CCC=CC3=O)C(c3cc(OC)c4c(c3)OCO4)C2C(=O)N2CCC=CC2=O)cc(OC)c1OC. The van der Waals surface area contributed by atoms with Gasteiger partial charge in [-0.15, -0.1) is 0 Å². The zero-order chi connectivity index (χ0) is 31.8. The molecule has 2 aromatic carbocycles. The average Bonchev–Trinajstić information content (AvgIpc) is 3.52. The number of nitrogens with zero attached hydrogens (tertiary/aromatic N) is 2. The first-order valence-corrected chi connectivity index (χ1v) is 14.6. The predicted molar refractivity (Wildman–Crippen MR) is 159 cm³/mol. The maximum Gasteiger partial charge on any atom is 0.252 e. The summed E-state index contributed by atoms with van der Waals surface area (Å²) in [5.41, 5.74) is 1.14. The summed E-state index contributed by atoms with van der Waals surface area (Å²) in [4.78, 5) is 57.4. The van der Waals surface area contributed by atoms with Gasteiger partial charge in [-0.2, -0.15) is 0 Å². The molecule has 12 heteroatoms. The van der Waals surface area contributed by atoms with E-state index < -0.39 is 47.3 Å². The number of fused-ring (bicyclic) bond motifs is 1. The first-order valence-electron chi connectivity index (χ1n) is 14.6. The second-order valence-electron chi connectivity index (χ2n) is 11.1. The number of hydrogen-bond donors (Lipinski definition) is 0. The lowest BCUT2D eigenvalue weighted by Gasteiger charge is -2.52. The topological polar surface area (TPSA) is 130 Å². The van der Waals surface area contributed by atoms with Crippen molar-refractivity contribution < 1.29 is 47.6 Å². The van der Waals surface area contributed by atoms with E-state index in [1.807, 2.05) is 0 Å². The summed E-state index contributed by atoms with van der Waals surface area (Å²) < 4.78 is 33.7. The fourth-order valence-electron chi connectivity index (χ4n) is 6.80. The van der Waals surface area contributed by atoms with Crippen LogP contribution in [0.2, 0.25) is 0 Å². The van der Waals surface area contributed by atoms with Crippen molar-refractivity contribution in [2.24, 2.45) is 11.8 Å². The lowest BCUT2D eigenvalue weighted by molar-refractivity contribution is -0.157. The molecule has 3 aliphatic heterocycles. The largest absolute Gasteiger partial charge is 0.493 e. The molecule has 1 saturated carbocycles. The van der Waals surface area contributed by atoms with E-state index in [0.717, 1.165) is 0 Å². The highest BCUT2D eigenvalue weighted by molar-refractivity contribution is 6.06. The highest BCUT2D eigenvalue weighted by Crippen LogP contribution is 2.61. The van der Waals surface area contributed by atoms with Crippen molar-refractivity contribution in [3.63, 3.8) is 0 Å². The Bertz CT molecular complexity index is 1540. The van der Waals surface area contributed by atoms with Gasteiger partial charge < -0.3 is 28.4 Å². The van der Waals surface area contributed by atoms with Gasteiger partial charge in [0.15, 0.2) is 23.0 Å². The smallest absolute Gasteiger partial charge is 0.252 e. The summed E-state index contributed by atoms with van der Waals surface area (Å²) in [6.45, 7) is 0.400. The highest BCUT2D eigenvalue weighted by atomic mass is 16.7. The summed E-state index contributed by atoms with van der Waals surface area (Å²) in [5.74, 6) is -2.79. The minimum Gasteiger partial charge on any atom is -0.493 e. The second kappa shape index (κ2) is 12.2. The molecule has 0 radical (unpaired) electrons. The average molecular weight is 619 g/mol. The Kier molecular flexibility index (Phi) is 8.13. The molecule has 1 aliphatic carbocycles. The summed E-state index contributed by atoms with van der Waals surface area (Å²) in [5, 5.41) is 0. The predicted octanol–water partition coefficient (Wildman–Crippen LogP) is 3.19. The van der Waals surface area contributed by atoms with Crippen LogP contribution in [0.3, 0.4) is 0 Å². The zero-order valence-electron chi connectivity index (χ0n) is 25.4. The van der Waals surface area contributed by atoms with E-state index in [0.29, 0.717) is 58.5 Å². The third-order valence-corrected chi connectivity index (χ3v) is 8.88. The van der Waals surface area contributed by atoms with Crippen molar-refractivity contribution in [1.29, 1.82) is 0 Å². The molecule has 0 spiro atoms. The minimum absolute atomic E-state index is 0.0121. The third-order valence-electron chi connectivity index (χ3n) is 8.88. The quantitative estimate of drug-likeness (QED) is 0.407. The van der Waals surface area contributed by atoms with Crippen LogP contribution in [0.15, 0.2) is 48.6 Å². The van der Waals surface area contributed by atoms with Gasteiger partial charge in [0.25, 0.3) is 11.8 Å². The molecule has 3 heterocycles. The van der Waals surface area contributed by atoms with Crippen LogP contribution in [-0.2, 0) is 19.2 Å². The monoisotopic (exact) mass is 618 g/mol. The number of rotatable bonds is 8. The van der Waals surface area contributed by atoms with Gasteiger partial charge in [0.1, 0.15) is 0 Å². The van der Waals surface area contributed by atoms with E-state index in [-0.39, 0.29) is 19.9 Å². The van der Waals surface area contributed by atoms with Crippen molar-refractivity contribution >= 4 is 23.6 Å². The number of amides is 4. The van der Waals surface area contributed by atoms with Crippen LogP contribution in [0, 0.1) is 11.8 Å². The summed E-state index contributed by atoms with van der Waals surface area (Å²) in [6, 6.07) is 6.87. The first kappa shape index (κ1) is 30.0. The van der Waals surface area contributed by atoms with Crippen molar-refractivity contribution in [3.8, 4) is 34.5 Å². The summed E-state index contributed by atoms with van der Waals surface area (Å²) in [6.07, 6.45) is 7.25. The van der Waals surface area contributed by atoms with Crippen molar-refractivity contribution in [3.05, 3.63) is 59.7 Å². The van der Waals surface area contributed by atoms with Crippen LogP contribution < -0.4 is 28.4 Å². The molecule has 4 amide bonds. The number of methoxy groups -OCH3 is 4. The van der Waals surface area contributed by atoms with Crippen molar-refractivity contribution in [2.45, 2.75) is 24.7 Å². The lowest BCUT2D eigenvalue weighted by Crippen LogP contribution is -2.59. The second-order valence-corrected chi connectivity index (χ2v) is 11.1. The van der Waals surface area contributed by atoms with Crippen molar-refractivity contribution in [1.82, 2.24) is 9.80 Å². The van der Waals surface area contributed by atoms with E-state index in [1.165, 1.54) is 50.4 Å². The van der Waals surface area contributed by atoms with Crippen LogP contribution in [0.25, 0.3) is 0 Å². The molecular formula is C33H34N2O10. The molecule has 236 valence electrons. The third kappa shape index (κ3) is 5.03. The van der Waals surface area contributed by atoms with Gasteiger partial charge in [-0.25, -0.2) is 0 Å². The van der Waals surface area contributed by atoms with Crippen LogP contribution in [0.4, 0.5) is 0 Å². The molecule has 45 heavy (non-hydrogen) atoms. The van der Waals surface area contributed by atoms with Gasteiger partial charge in [-0.1, -0.05) is 12.2 Å². The van der Waals surface area contributed by atoms with Gasteiger partial charge in [0.05, 0.1) is 40.3 Å². The molecule has 0 bridgehead atoms. The molecule has 1 fully saturated rings. The maximum atomic E-state index is 14.5. The fraction of sp³-hybridized carbons (Fsp3) is 0.394. The van der Waals surface area contributed by atoms with E-state index in [1.54, 1.807) is 36.4 Å². The van der Waals surface area contributed by atoms with Gasteiger partial charge in [0, 0.05) is 24.9 Å². The first-order chi connectivity index (χ1) is 21.8. The lowest BCUT2D eigenvalue weighted by atomic mass is 9.51. The molecule has 2 aromatic rings. The molecule has 0 saturated heterocycles. The van der Waals surface area contributed by atoms with Gasteiger partial charge in [0.2, 0.25) is 30.1 Å². The number of carbonyl (C=O) groups is 4. The van der Waals surface area contributed by atoms with Crippen molar-refractivity contribution in [2.75, 3.05) is 48.3 Å². The Hall–Kier alpha value is -5.00. The summed E-state index contributed by atoms with van der Waals surface area (Å²) in [7, 11) is 5.93. The number of hydrogen-bond acceptors (Lipinski definition) is 10. The van der Waals surface area contributed by atoms with Gasteiger partial charge in [-0.05, 0) is 60.4 Å². The van der Waals surface area contributed by atoms with E-state index in [9.17, 15) is 19.2 Å². The van der Waals surface area contributed by atoms with Crippen LogP contribution in [0.5, 0.6) is 34.5 Å². The Morgan fingerprint density at radius 1 is 0.689 bits per heavy atom. The number of ether oxygens (including phenoxy) is 6. The Labute approximate surface area is 260 Å². The number of benzene rings is 2. The molecule has 6 rings (SSSR count). The van der Waals surface area contributed by atoms with Gasteiger partial charge >= 0.3 is 0 Å². The molecule has 2 unspecified atom stereocenters. The molecule has 12 nitrogen and oxygen atoms in total. The standard InChI is InChI=1S/C33H34N2O10/c1-40-20-13-18(14-21(41-2)30(20)43-4)26-28(32(38)34-11-7-5-9-24(34)36)27(29(26)33(39)35-12-8-6-10-25(35)37)19-15-22(42-3)31-23(16-19)44-17-45-31/h5-6,9-10,13-16,26-29H,7-8,11-12,17H2,1-4H3. The zero-order valence-corrected chi connectivity index (χ0v) is 25.4. The maximum absolute atomic E-state index is 14.5. The van der Waals surface area contributed by atoms with Crippen LogP contribution in [0.1, 0.15) is 35.8 Å².